The minimum absolute atomic E-state index is 0.234. The topological polar surface area (TPSA) is 37.4 Å². The fourth-order valence-electron chi connectivity index (χ4n) is 2.26. The Bertz CT molecular complexity index is 476. The number of rotatable bonds is 2. The van der Waals surface area contributed by atoms with Gasteiger partial charge in [0.15, 0.2) is 0 Å². The fourth-order valence-corrected chi connectivity index (χ4v) is 3.13. The molecule has 0 atom stereocenters. The van der Waals surface area contributed by atoms with E-state index in [4.69, 9.17) is 0 Å². The summed E-state index contributed by atoms with van der Waals surface area (Å²) in [6, 6.07) is 6.49. The van der Waals surface area contributed by atoms with Crippen LogP contribution in [0, 0.1) is 5.82 Å². The lowest BCUT2D eigenvalue weighted by atomic mass is 9.90. The molecule has 0 spiro atoms. The first kappa shape index (κ1) is 12.5. The van der Waals surface area contributed by atoms with Crippen LogP contribution in [-0.2, 0) is 10.0 Å². The Balaban J connectivity index is 2.02. The lowest BCUT2D eigenvalue weighted by Crippen LogP contribution is -2.37. The van der Waals surface area contributed by atoms with Crippen LogP contribution in [0.25, 0.3) is 0 Å². The molecule has 0 aliphatic carbocycles. The van der Waals surface area contributed by atoms with E-state index in [-0.39, 0.29) is 5.82 Å². The third-order valence-corrected chi connectivity index (χ3v) is 4.57. The molecule has 0 saturated carbocycles. The highest BCUT2D eigenvalue weighted by atomic mass is 32.2. The van der Waals surface area contributed by atoms with Crippen LogP contribution in [0.5, 0.6) is 0 Å². The van der Waals surface area contributed by atoms with Crippen LogP contribution in [0.1, 0.15) is 24.3 Å². The van der Waals surface area contributed by atoms with Gasteiger partial charge in [0.2, 0.25) is 10.0 Å². The molecule has 0 amide bonds. The third-order valence-electron chi connectivity index (χ3n) is 3.26. The summed E-state index contributed by atoms with van der Waals surface area (Å²) in [4.78, 5) is 0. The Labute approximate surface area is 101 Å². The van der Waals surface area contributed by atoms with E-state index in [0.717, 1.165) is 18.4 Å². The van der Waals surface area contributed by atoms with Crippen LogP contribution in [-0.4, -0.2) is 32.1 Å². The molecular formula is C12H16FNO2S. The Morgan fingerprint density at radius 1 is 1.18 bits per heavy atom. The van der Waals surface area contributed by atoms with Crippen molar-refractivity contribution >= 4 is 10.0 Å². The van der Waals surface area contributed by atoms with Crippen molar-refractivity contribution in [1.82, 2.24) is 4.31 Å². The zero-order valence-corrected chi connectivity index (χ0v) is 10.6. The smallest absolute Gasteiger partial charge is 0.211 e. The van der Waals surface area contributed by atoms with Gasteiger partial charge in [-0.25, -0.2) is 17.1 Å². The van der Waals surface area contributed by atoms with Crippen molar-refractivity contribution in [3.05, 3.63) is 35.6 Å². The van der Waals surface area contributed by atoms with Crippen molar-refractivity contribution in [2.45, 2.75) is 18.8 Å². The summed E-state index contributed by atoms with van der Waals surface area (Å²) in [6.45, 7) is 1.11. The highest BCUT2D eigenvalue weighted by Crippen LogP contribution is 2.28. The van der Waals surface area contributed by atoms with Crippen molar-refractivity contribution in [1.29, 1.82) is 0 Å². The zero-order valence-electron chi connectivity index (χ0n) is 9.77. The summed E-state index contributed by atoms with van der Waals surface area (Å²) in [7, 11) is -3.06. The van der Waals surface area contributed by atoms with E-state index in [9.17, 15) is 12.8 Å². The van der Waals surface area contributed by atoms with E-state index in [2.05, 4.69) is 0 Å². The number of sulfonamides is 1. The van der Waals surface area contributed by atoms with Gasteiger partial charge in [0.1, 0.15) is 5.82 Å². The minimum Gasteiger partial charge on any atom is -0.213 e. The third kappa shape index (κ3) is 3.04. The van der Waals surface area contributed by atoms with Crippen LogP contribution in [0.4, 0.5) is 4.39 Å². The van der Waals surface area contributed by atoms with Crippen molar-refractivity contribution in [3.63, 3.8) is 0 Å². The molecule has 5 heteroatoms. The zero-order chi connectivity index (χ0) is 12.5. The van der Waals surface area contributed by atoms with E-state index in [1.807, 2.05) is 0 Å². The maximum Gasteiger partial charge on any atom is 0.211 e. The summed E-state index contributed by atoms with van der Waals surface area (Å²) in [5, 5.41) is 0. The summed E-state index contributed by atoms with van der Waals surface area (Å²) in [6.07, 6.45) is 2.85. The van der Waals surface area contributed by atoms with Crippen LogP contribution in [0.3, 0.4) is 0 Å². The molecule has 1 aromatic carbocycles. The molecule has 2 rings (SSSR count). The fraction of sp³-hybridized carbons (Fsp3) is 0.500. The molecule has 3 nitrogen and oxygen atoms in total. The van der Waals surface area contributed by atoms with E-state index >= 15 is 0 Å². The first-order valence-electron chi connectivity index (χ1n) is 5.67. The van der Waals surface area contributed by atoms with Crippen molar-refractivity contribution in [2.75, 3.05) is 19.3 Å². The molecule has 0 N–H and O–H groups in total. The van der Waals surface area contributed by atoms with Crippen LogP contribution >= 0.6 is 0 Å². The second-order valence-corrected chi connectivity index (χ2v) is 6.47. The summed E-state index contributed by atoms with van der Waals surface area (Å²) in [5.41, 5.74) is 1.10. The van der Waals surface area contributed by atoms with Crippen LogP contribution in [0.15, 0.2) is 24.3 Å². The molecule has 1 aromatic rings. The van der Waals surface area contributed by atoms with Gasteiger partial charge in [-0.2, -0.15) is 0 Å². The number of hydrogen-bond donors (Lipinski definition) is 0. The van der Waals surface area contributed by atoms with Gasteiger partial charge < -0.3 is 0 Å². The van der Waals surface area contributed by atoms with Gasteiger partial charge in [-0.05, 0) is 36.5 Å². The number of hydrogen-bond acceptors (Lipinski definition) is 2. The molecule has 1 aliphatic heterocycles. The summed E-state index contributed by atoms with van der Waals surface area (Å²) >= 11 is 0. The predicted octanol–water partition coefficient (Wildman–Crippen LogP) is 1.96. The lowest BCUT2D eigenvalue weighted by Gasteiger charge is -2.30. The molecule has 1 saturated heterocycles. The predicted molar refractivity (Wildman–Crippen MR) is 64.8 cm³/mol. The lowest BCUT2D eigenvalue weighted by molar-refractivity contribution is 0.321. The van der Waals surface area contributed by atoms with Crippen LogP contribution < -0.4 is 0 Å². The van der Waals surface area contributed by atoms with Gasteiger partial charge in [0, 0.05) is 13.1 Å². The number of benzene rings is 1. The molecule has 94 valence electrons. The minimum atomic E-state index is -3.06. The Hall–Kier alpha value is -0.940. The Morgan fingerprint density at radius 3 is 2.18 bits per heavy atom. The summed E-state index contributed by atoms with van der Waals surface area (Å²) in [5.74, 6) is 0.107. The van der Waals surface area contributed by atoms with E-state index < -0.39 is 10.0 Å². The highest BCUT2D eigenvalue weighted by Gasteiger charge is 2.25. The molecule has 17 heavy (non-hydrogen) atoms. The molecule has 0 radical (unpaired) electrons. The molecule has 0 aromatic heterocycles. The standard InChI is InChI=1S/C12H16FNO2S/c1-17(15,16)14-8-6-11(7-9-14)10-2-4-12(13)5-3-10/h2-5,11H,6-9H2,1H3. The molecule has 0 bridgehead atoms. The first-order chi connectivity index (χ1) is 7.97. The van der Waals surface area contributed by atoms with Crippen molar-refractivity contribution < 1.29 is 12.8 Å². The normalized spacial score (nSPS) is 19.4. The van der Waals surface area contributed by atoms with Gasteiger partial charge in [-0.1, -0.05) is 12.1 Å². The molecule has 1 fully saturated rings. The van der Waals surface area contributed by atoms with Gasteiger partial charge in [0.25, 0.3) is 0 Å². The molecule has 0 unspecified atom stereocenters. The van der Waals surface area contributed by atoms with E-state index in [1.165, 1.54) is 22.7 Å². The average molecular weight is 257 g/mol. The molecule has 1 aliphatic rings. The highest BCUT2D eigenvalue weighted by molar-refractivity contribution is 7.88. The second kappa shape index (κ2) is 4.74. The maximum absolute atomic E-state index is 12.8. The second-order valence-electron chi connectivity index (χ2n) is 4.49. The summed E-state index contributed by atoms with van der Waals surface area (Å²) < 4.78 is 37.0. The van der Waals surface area contributed by atoms with Crippen molar-refractivity contribution in [3.8, 4) is 0 Å². The quantitative estimate of drug-likeness (QED) is 0.812. The van der Waals surface area contributed by atoms with E-state index in [1.54, 1.807) is 12.1 Å². The van der Waals surface area contributed by atoms with Gasteiger partial charge in [-0.3, -0.25) is 0 Å². The van der Waals surface area contributed by atoms with E-state index in [0.29, 0.717) is 19.0 Å². The molecule has 1 heterocycles. The Kier molecular flexibility index (Phi) is 3.49. The van der Waals surface area contributed by atoms with Crippen molar-refractivity contribution in [2.24, 2.45) is 0 Å². The first-order valence-corrected chi connectivity index (χ1v) is 7.52. The Morgan fingerprint density at radius 2 is 1.71 bits per heavy atom. The number of nitrogens with zero attached hydrogens (tertiary/aromatic N) is 1. The van der Waals surface area contributed by atoms with Gasteiger partial charge in [-0.15, -0.1) is 0 Å². The molecular weight excluding hydrogens is 241 g/mol. The van der Waals surface area contributed by atoms with Gasteiger partial charge >= 0.3 is 0 Å². The van der Waals surface area contributed by atoms with Crippen LogP contribution in [0.2, 0.25) is 0 Å². The number of piperidine rings is 1. The maximum atomic E-state index is 12.8. The SMILES string of the molecule is CS(=O)(=O)N1CCC(c2ccc(F)cc2)CC1. The monoisotopic (exact) mass is 257 g/mol. The largest absolute Gasteiger partial charge is 0.213 e. The number of halogens is 1. The van der Waals surface area contributed by atoms with Gasteiger partial charge in [0.05, 0.1) is 6.26 Å². The average Bonchev–Trinajstić information content (AvgIpc) is 2.29.